The second-order valence-electron chi connectivity index (χ2n) is 8.15. The quantitative estimate of drug-likeness (QED) is 0.365. The fourth-order valence-corrected chi connectivity index (χ4v) is 5.07. The molecule has 0 unspecified atom stereocenters. The third-order valence-electron chi connectivity index (χ3n) is 5.84. The molecule has 3 aromatic carbocycles. The summed E-state index contributed by atoms with van der Waals surface area (Å²) in [5, 5.41) is 11.5. The van der Waals surface area contributed by atoms with Crippen molar-refractivity contribution in [3.63, 3.8) is 0 Å². The summed E-state index contributed by atoms with van der Waals surface area (Å²) in [5.41, 5.74) is 1.69. The standard InChI is InChI=1S/C19H18BrNO4.C8H7BrO3/c1-24-16-8-7-12(9-15(16)20)17(22)21-19(18(23)25-2)10-13-5-3-4-6-14(13)11-19;1-12-7-3-2-5(8(10)11)4-6(7)9/h3-9H,10-11H2,1-2H3,(H,21,22);2-4H,1H3,(H,10,11). The third kappa shape index (κ3) is 6.50. The lowest BCUT2D eigenvalue weighted by Gasteiger charge is -2.27. The van der Waals surface area contributed by atoms with Gasteiger partial charge in [-0.05, 0) is 79.4 Å². The van der Waals surface area contributed by atoms with Crippen molar-refractivity contribution in [3.05, 3.63) is 91.9 Å². The Balaban J connectivity index is 0.000000266. The summed E-state index contributed by atoms with van der Waals surface area (Å²) in [6, 6.07) is 17.4. The summed E-state index contributed by atoms with van der Waals surface area (Å²) in [4.78, 5) is 35.7. The van der Waals surface area contributed by atoms with Crippen LogP contribution in [-0.2, 0) is 22.4 Å². The minimum atomic E-state index is -1.08. The number of aromatic carboxylic acids is 1. The molecule has 0 spiro atoms. The van der Waals surface area contributed by atoms with Crippen LogP contribution in [0.15, 0.2) is 69.6 Å². The number of methoxy groups -OCH3 is 3. The van der Waals surface area contributed by atoms with Crippen LogP contribution < -0.4 is 14.8 Å². The molecule has 4 rings (SSSR count). The van der Waals surface area contributed by atoms with Crippen LogP contribution >= 0.6 is 31.9 Å². The van der Waals surface area contributed by atoms with Gasteiger partial charge in [-0.2, -0.15) is 0 Å². The first-order valence-corrected chi connectivity index (χ1v) is 12.6. The molecule has 2 N–H and O–H groups in total. The van der Waals surface area contributed by atoms with Gasteiger partial charge >= 0.3 is 11.9 Å². The maximum absolute atomic E-state index is 12.7. The highest BCUT2D eigenvalue weighted by Crippen LogP contribution is 2.32. The number of hydrogen-bond donors (Lipinski definition) is 2. The Bertz CT molecular complexity index is 1300. The van der Waals surface area contributed by atoms with Crippen molar-refractivity contribution >= 4 is 49.7 Å². The maximum Gasteiger partial charge on any atom is 0.335 e. The molecule has 1 amide bonds. The monoisotopic (exact) mass is 633 g/mol. The number of fused-ring (bicyclic) bond motifs is 1. The van der Waals surface area contributed by atoms with Crippen LogP contribution in [0.1, 0.15) is 31.8 Å². The SMILES string of the molecule is COC(=O)C1(NC(=O)c2ccc(OC)c(Br)c2)Cc2ccccc2C1.COc1ccc(C(=O)O)cc1Br. The van der Waals surface area contributed by atoms with Crippen LogP contribution in [0.5, 0.6) is 11.5 Å². The molecule has 10 heteroatoms. The summed E-state index contributed by atoms with van der Waals surface area (Å²) < 4.78 is 16.4. The van der Waals surface area contributed by atoms with Gasteiger partial charge in [-0.15, -0.1) is 0 Å². The zero-order valence-electron chi connectivity index (χ0n) is 20.3. The molecule has 0 saturated carbocycles. The Morgan fingerprint density at radius 1 is 0.811 bits per heavy atom. The lowest BCUT2D eigenvalue weighted by atomic mass is 9.95. The fourth-order valence-electron chi connectivity index (χ4n) is 3.99. The summed E-state index contributed by atoms with van der Waals surface area (Å²) >= 11 is 6.56. The van der Waals surface area contributed by atoms with E-state index in [0.717, 1.165) is 11.1 Å². The predicted octanol–water partition coefficient (Wildman–Crippen LogP) is 5.05. The summed E-state index contributed by atoms with van der Waals surface area (Å²) in [5.74, 6) is -0.461. The number of nitrogens with one attached hydrogen (secondary N) is 1. The van der Waals surface area contributed by atoms with Gasteiger partial charge in [0.15, 0.2) is 0 Å². The highest BCUT2D eigenvalue weighted by atomic mass is 79.9. The number of carboxylic acids is 1. The molecule has 0 heterocycles. The molecule has 1 aliphatic rings. The topological polar surface area (TPSA) is 111 Å². The zero-order chi connectivity index (χ0) is 27.2. The van der Waals surface area contributed by atoms with Crippen LogP contribution in [0.2, 0.25) is 0 Å². The predicted molar refractivity (Wildman–Crippen MR) is 144 cm³/mol. The summed E-state index contributed by atoms with van der Waals surface area (Å²) in [6.45, 7) is 0. The molecule has 0 saturated heterocycles. The lowest BCUT2D eigenvalue weighted by Crippen LogP contribution is -2.56. The number of carboxylic acid groups (broad SMARTS) is 1. The second-order valence-corrected chi connectivity index (χ2v) is 9.86. The molecular weight excluding hydrogens is 610 g/mol. The van der Waals surface area contributed by atoms with E-state index in [1.54, 1.807) is 31.4 Å². The minimum absolute atomic E-state index is 0.239. The third-order valence-corrected chi connectivity index (χ3v) is 7.08. The van der Waals surface area contributed by atoms with Gasteiger partial charge in [-0.1, -0.05) is 24.3 Å². The number of rotatable bonds is 6. The molecule has 8 nitrogen and oxygen atoms in total. The largest absolute Gasteiger partial charge is 0.496 e. The van der Waals surface area contributed by atoms with Crippen LogP contribution in [0.25, 0.3) is 0 Å². The number of ether oxygens (including phenoxy) is 3. The molecular formula is C27H25Br2NO7. The van der Waals surface area contributed by atoms with Crippen LogP contribution in [0.3, 0.4) is 0 Å². The average Bonchev–Trinajstić information content (AvgIpc) is 3.27. The molecule has 0 aliphatic heterocycles. The smallest absolute Gasteiger partial charge is 0.335 e. The molecule has 0 atom stereocenters. The van der Waals surface area contributed by atoms with Gasteiger partial charge in [0.1, 0.15) is 17.0 Å². The Hall–Kier alpha value is -3.37. The van der Waals surface area contributed by atoms with Gasteiger partial charge < -0.3 is 24.6 Å². The van der Waals surface area contributed by atoms with Gasteiger partial charge in [-0.25, -0.2) is 9.59 Å². The number of hydrogen-bond acceptors (Lipinski definition) is 6. The van der Waals surface area contributed by atoms with E-state index >= 15 is 0 Å². The molecule has 0 bridgehead atoms. The van der Waals surface area contributed by atoms with Crippen molar-refractivity contribution in [2.45, 2.75) is 18.4 Å². The maximum atomic E-state index is 12.7. The number of benzene rings is 3. The number of esters is 1. The summed E-state index contributed by atoms with van der Waals surface area (Å²) in [6.07, 6.45) is 0.831. The Labute approximate surface area is 231 Å². The van der Waals surface area contributed by atoms with Crippen molar-refractivity contribution in [3.8, 4) is 11.5 Å². The number of halogens is 2. The van der Waals surface area contributed by atoms with Crippen molar-refractivity contribution in [1.29, 1.82) is 0 Å². The first-order valence-electron chi connectivity index (χ1n) is 11.0. The summed E-state index contributed by atoms with van der Waals surface area (Å²) in [7, 11) is 4.42. The molecule has 194 valence electrons. The van der Waals surface area contributed by atoms with Crippen LogP contribution in [0, 0.1) is 0 Å². The molecule has 0 radical (unpaired) electrons. The van der Waals surface area contributed by atoms with Gasteiger partial charge in [0.25, 0.3) is 5.91 Å². The van der Waals surface area contributed by atoms with E-state index < -0.39 is 17.5 Å². The van der Waals surface area contributed by atoms with E-state index in [0.29, 0.717) is 38.8 Å². The van der Waals surface area contributed by atoms with Gasteiger partial charge in [0, 0.05) is 18.4 Å². The van der Waals surface area contributed by atoms with Gasteiger partial charge in [-0.3, -0.25) is 4.79 Å². The Kier molecular flexibility index (Phi) is 9.34. The highest BCUT2D eigenvalue weighted by Gasteiger charge is 2.46. The van der Waals surface area contributed by atoms with E-state index in [9.17, 15) is 14.4 Å². The van der Waals surface area contributed by atoms with Crippen molar-refractivity contribution in [2.24, 2.45) is 0 Å². The molecule has 0 aromatic heterocycles. The van der Waals surface area contributed by atoms with Crippen LogP contribution in [0.4, 0.5) is 0 Å². The van der Waals surface area contributed by atoms with E-state index in [4.69, 9.17) is 19.3 Å². The number of carbonyl (C=O) groups excluding carboxylic acids is 2. The second kappa shape index (κ2) is 12.2. The first kappa shape index (κ1) is 28.2. The fraction of sp³-hybridized carbons (Fsp3) is 0.222. The minimum Gasteiger partial charge on any atom is -0.496 e. The first-order chi connectivity index (χ1) is 17.6. The van der Waals surface area contributed by atoms with Gasteiger partial charge in [0.2, 0.25) is 0 Å². The Morgan fingerprint density at radius 3 is 1.73 bits per heavy atom. The number of amides is 1. The molecule has 37 heavy (non-hydrogen) atoms. The van der Waals surface area contributed by atoms with Gasteiger partial charge in [0.05, 0.1) is 35.8 Å². The zero-order valence-corrected chi connectivity index (χ0v) is 23.5. The van der Waals surface area contributed by atoms with Crippen molar-refractivity contribution in [2.75, 3.05) is 21.3 Å². The molecule has 3 aromatic rings. The normalized spacial score (nSPS) is 12.9. The van der Waals surface area contributed by atoms with E-state index in [1.165, 1.54) is 26.4 Å². The lowest BCUT2D eigenvalue weighted by molar-refractivity contribution is -0.147. The van der Waals surface area contributed by atoms with E-state index in [-0.39, 0.29) is 11.5 Å². The van der Waals surface area contributed by atoms with Crippen molar-refractivity contribution < 1.29 is 33.7 Å². The average molecular weight is 635 g/mol. The van der Waals surface area contributed by atoms with E-state index in [2.05, 4.69) is 37.2 Å². The Morgan fingerprint density at radius 2 is 1.30 bits per heavy atom. The van der Waals surface area contributed by atoms with Crippen molar-refractivity contribution in [1.82, 2.24) is 5.32 Å². The molecule has 1 aliphatic carbocycles. The number of carbonyl (C=O) groups is 3. The highest BCUT2D eigenvalue weighted by molar-refractivity contribution is 9.10. The van der Waals surface area contributed by atoms with E-state index in [1.807, 2.05) is 24.3 Å². The molecule has 0 fully saturated rings. The van der Waals surface area contributed by atoms with Crippen LogP contribution in [-0.4, -0.2) is 49.8 Å².